The zero-order valence-electron chi connectivity index (χ0n) is 17.5. The predicted octanol–water partition coefficient (Wildman–Crippen LogP) is 4.80. The number of rotatable bonds is 4. The highest BCUT2D eigenvalue weighted by atomic mass is 16.6. The lowest BCUT2D eigenvalue weighted by molar-refractivity contribution is -0.137. The minimum atomic E-state index is -0.844. The lowest BCUT2D eigenvalue weighted by atomic mass is 9.70. The molecule has 30 heavy (non-hydrogen) atoms. The maximum atomic E-state index is 13.1. The van der Waals surface area contributed by atoms with Crippen LogP contribution in [0.3, 0.4) is 0 Å². The Morgan fingerprint density at radius 1 is 1.10 bits per heavy atom. The number of hydrogen-bond acceptors (Lipinski definition) is 5. The molecule has 2 aromatic rings. The Morgan fingerprint density at radius 3 is 2.37 bits per heavy atom. The van der Waals surface area contributed by atoms with Crippen LogP contribution >= 0.6 is 0 Å². The maximum Gasteiger partial charge on any atom is 0.415 e. The first-order chi connectivity index (χ1) is 14.3. The number of benzene rings is 2. The molecular formula is C24H25NO5. The number of para-hydroxylation sites is 1. The van der Waals surface area contributed by atoms with Crippen LogP contribution in [-0.2, 0) is 14.3 Å². The second kappa shape index (κ2) is 7.20. The molecule has 1 fully saturated rings. The van der Waals surface area contributed by atoms with Crippen molar-refractivity contribution in [3.05, 3.63) is 72.0 Å². The van der Waals surface area contributed by atoms with Gasteiger partial charge < -0.3 is 14.2 Å². The Kier molecular flexibility index (Phi) is 4.80. The maximum absolute atomic E-state index is 13.1. The third-order valence-corrected chi connectivity index (χ3v) is 6.07. The van der Waals surface area contributed by atoms with Crippen LogP contribution in [0.1, 0.15) is 38.7 Å². The first kappa shape index (κ1) is 20.0. The molecule has 1 spiro atoms. The van der Waals surface area contributed by atoms with Gasteiger partial charge >= 0.3 is 12.1 Å². The zero-order valence-corrected chi connectivity index (χ0v) is 17.5. The highest BCUT2D eigenvalue weighted by molar-refractivity contribution is 5.94. The van der Waals surface area contributed by atoms with E-state index in [4.69, 9.17) is 14.2 Å². The van der Waals surface area contributed by atoms with Crippen LogP contribution in [0.2, 0.25) is 0 Å². The zero-order chi connectivity index (χ0) is 21.5. The molecule has 6 nitrogen and oxygen atoms in total. The molecule has 2 aromatic carbocycles. The topological polar surface area (TPSA) is 65.1 Å². The number of anilines is 1. The van der Waals surface area contributed by atoms with Gasteiger partial charge in [0.15, 0.2) is 0 Å². The Morgan fingerprint density at radius 2 is 1.77 bits per heavy atom. The Balaban J connectivity index is 1.91. The molecule has 2 aliphatic rings. The first-order valence-electron chi connectivity index (χ1n) is 9.91. The SMILES string of the molecule is COc1ccc([C@@H]2C(OC(C)=O)=CC[C@@]23N(c2ccccc2)C(=O)OC3(C)C)cc1. The minimum absolute atomic E-state index is 0.394. The summed E-state index contributed by atoms with van der Waals surface area (Å²) in [7, 11) is 1.61. The molecule has 1 aliphatic heterocycles. The summed E-state index contributed by atoms with van der Waals surface area (Å²) in [6.07, 6.45) is 1.97. The van der Waals surface area contributed by atoms with Gasteiger partial charge in [-0.05, 0) is 56.2 Å². The minimum Gasteiger partial charge on any atom is -0.497 e. The lowest BCUT2D eigenvalue weighted by Crippen LogP contribution is -2.58. The normalized spacial score (nSPS) is 24.5. The number of ether oxygens (including phenoxy) is 3. The van der Waals surface area contributed by atoms with Crippen LogP contribution in [0.5, 0.6) is 5.75 Å². The van der Waals surface area contributed by atoms with E-state index in [1.807, 2.05) is 74.5 Å². The van der Waals surface area contributed by atoms with Crippen molar-refractivity contribution in [1.29, 1.82) is 0 Å². The van der Waals surface area contributed by atoms with Crippen molar-refractivity contribution in [1.82, 2.24) is 0 Å². The van der Waals surface area contributed by atoms with Gasteiger partial charge in [0.05, 0.1) is 13.0 Å². The van der Waals surface area contributed by atoms with E-state index >= 15 is 0 Å². The molecule has 1 saturated heterocycles. The summed E-state index contributed by atoms with van der Waals surface area (Å²) in [6.45, 7) is 5.21. The summed E-state index contributed by atoms with van der Waals surface area (Å²) in [5.41, 5.74) is 0.00504. The highest BCUT2D eigenvalue weighted by Crippen LogP contribution is 2.58. The molecular weight excluding hydrogens is 382 g/mol. The monoisotopic (exact) mass is 407 g/mol. The van der Waals surface area contributed by atoms with E-state index in [2.05, 4.69) is 0 Å². The van der Waals surface area contributed by atoms with E-state index in [0.717, 1.165) is 17.0 Å². The fraction of sp³-hybridized carbons (Fsp3) is 0.333. The number of amides is 1. The second-order valence-electron chi connectivity index (χ2n) is 8.08. The molecule has 0 unspecified atom stereocenters. The largest absolute Gasteiger partial charge is 0.497 e. The van der Waals surface area contributed by atoms with Crippen LogP contribution in [0, 0.1) is 0 Å². The number of nitrogens with zero attached hydrogens (tertiary/aromatic N) is 1. The van der Waals surface area contributed by atoms with Gasteiger partial charge in [0.2, 0.25) is 0 Å². The van der Waals surface area contributed by atoms with Crippen molar-refractivity contribution in [2.45, 2.75) is 44.2 Å². The average Bonchev–Trinajstić information content (AvgIpc) is 3.17. The van der Waals surface area contributed by atoms with E-state index in [0.29, 0.717) is 12.2 Å². The van der Waals surface area contributed by atoms with Gasteiger partial charge in [-0.1, -0.05) is 30.3 Å². The number of carbonyl (C=O) groups excluding carboxylic acids is 2. The molecule has 0 bridgehead atoms. The summed E-state index contributed by atoms with van der Waals surface area (Å²) >= 11 is 0. The van der Waals surface area contributed by atoms with Crippen LogP contribution < -0.4 is 9.64 Å². The van der Waals surface area contributed by atoms with Crippen LogP contribution in [0.4, 0.5) is 10.5 Å². The average molecular weight is 407 g/mol. The van der Waals surface area contributed by atoms with Crippen LogP contribution in [0.25, 0.3) is 0 Å². The van der Waals surface area contributed by atoms with Gasteiger partial charge in [-0.3, -0.25) is 9.69 Å². The smallest absolute Gasteiger partial charge is 0.415 e. The standard InChI is InChI=1S/C24H25NO5/c1-16(26)29-20-14-15-24(21(20)17-10-12-19(28-4)13-11-17)23(2,3)30-22(27)25(24)18-8-6-5-7-9-18/h5-14,21H,15H2,1-4H3/t21-,24-/m1/s1. The van der Waals surface area contributed by atoms with E-state index in [1.54, 1.807) is 12.0 Å². The fourth-order valence-corrected chi connectivity index (χ4v) is 4.74. The summed E-state index contributed by atoms with van der Waals surface area (Å²) in [5, 5.41) is 0. The molecule has 6 heteroatoms. The van der Waals surface area contributed by atoms with Crippen molar-refractivity contribution in [2.24, 2.45) is 0 Å². The molecule has 2 atom stereocenters. The lowest BCUT2D eigenvalue weighted by Gasteiger charge is -2.45. The summed E-state index contributed by atoms with van der Waals surface area (Å²) in [4.78, 5) is 26.7. The fourth-order valence-electron chi connectivity index (χ4n) is 4.74. The summed E-state index contributed by atoms with van der Waals surface area (Å²) in [6, 6.07) is 17.1. The highest BCUT2D eigenvalue weighted by Gasteiger charge is 2.67. The van der Waals surface area contributed by atoms with Gasteiger partial charge in [0.1, 0.15) is 22.6 Å². The summed E-state index contributed by atoms with van der Waals surface area (Å²) < 4.78 is 16.8. The van der Waals surface area contributed by atoms with Gasteiger partial charge in [-0.2, -0.15) is 0 Å². The van der Waals surface area contributed by atoms with Crippen molar-refractivity contribution in [2.75, 3.05) is 12.0 Å². The van der Waals surface area contributed by atoms with E-state index < -0.39 is 29.1 Å². The Bertz CT molecular complexity index is 996. The number of hydrogen-bond donors (Lipinski definition) is 0. The van der Waals surface area contributed by atoms with Gasteiger partial charge in [0, 0.05) is 12.6 Å². The molecule has 0 radical (unpaired) electrons. The van der Waals surface area contributed by atoms with Crippen LogP contribution in [0.15, 0.2) is 66.4 Å². The third kappa shape index (κ3) is 2.95. The molecule has 1 heterocycles. The number of methoxy groups -OCH3 is 1. The summed E-state index contributed by atoms with van der Waals surface area (Å²) in [5.74, 6) is 0.460. The first-order valence-corrected chi connectivity index (χ1v) is 9.91. The van der Waals surface area contributed by atoms with Crippen molar-refractivity contribution in [3.63, 3.8) is 0 Å². The molecule has 0 aromatic heterocycles. The Hall–Kier alpha value is -3.28. The molecule has 0 saturated carbocycles. The second-order valence-corrected chi connectivity index (χ2v) is 8.08. The predicted molar refractivity (Wildman–Crippen MR) is 112 cm³/mol. The van der Waals surface area contributed by atoms with Gasteiger partial charge in [-0.15, -0.1) is 0 Å². The van der Waals surface area contributed by atoms with E-state index in [1.165, 1.54) is 6.92 Å². The number of esters is 1. The molecule has 156 valence electrons. The van der Waals surface area contributed by atoms with E-state index in [9.17, 15) is 9.59 Å². The number of cyclic esters (lactones) is 1. The van der Waals surface area contributed by atoms with Crippen molar-refractivity contribution >= 4 is 17.7 Å². The van der Waals surface area contributed by atoms with E-state index in [-0.39, 0.29) is 0 Å². The number of carbonyl (C=O) groups is 2. The Labute approximate surface area is 176 Å². The molecule has 0 N–H and O–H groups in total. The van der Waals surface area contributed by atoms with Crippen molar-refractivity contribution in [3.8, 4) is 5.75 Å². The molecule has 1 amide bonds. The third-order valence-electron chi connectivity index (χ3n) is 6.07. The molecule has 1 aliphatic carbocycles. The van der Waals surface area contributed by atoms with Gasteiger partial charge in [0.25, 0.3) is 0 Å². The quantitative estimate of drug-likeness (QED) is 0.681. The van der Waals surface area contributed by atoms with Crippen LogP contribution in [-0.4, -0.2) is 30.3 Å². The molecule has 4 rings (SSSR count). The van der Waals surface area contributed by atoms with Gasteiger partial charge in [-0.25, -0.2) is 4.79 Å². The van der Waals surface area contributed by atoms with Crippen molar-refractivity contribution < 1.29 is 23.8 Å².